The lowest BCUT2D eigenvalue weighted by atomic mass is 9.99. The van der Waals surface area contributed by atoms with Crippen molar-refractivity contribution in [3.8, 4) is 16.9 Å². The van der Waals surface area contributed by atoms with Crippen LogP contribution in [0.5, 0.6) is 5.75 Å². The topological polar surface area (TPSA) is 22.1 Å². The van der Waals surface area contributed by atoms with Gasteiger partial charge in [0.2, 0.25) is 0 Å². The molecule has 0 saturated carbocycles. The summed E-state index contributed by atoms with van der Waals surface area (Å²) in [5.41, 5.74) is 4.79. The zero-order valence-electron chi connectivity index (χ0n) is 14.1. The summed E-state index contributed by atoms with van der Waals surface area (Å²) in [6.45, 7) is 0. The number of aromatic nitrogens is 1. The van der Waals surface area contributed by atoms with Gasteiger partial charge in [-0.25, -0.2) is 0 Å². The van der Waals surface area contributed by atoms with Gasteiger partial charge in [0.05, 0.1) is 12.8 Å². The maximum atomic E-state index is 5.38. The van der Waals surface area contributed by atoms with Gasteiger partial charge in [-0.1, -0.05) is 60.7 Å². The zero-order chi connectivity index (χ0) is 17.1. The number of benzene rings is 3. The van der Waals surface area contributed by atoms with Gasteiger partial charge in [-0.15, -0.1) is 0 Å². The van der Waals surface area contributed by atoms with E-state index in [1.165, 1.54) is 22.1 Å². The van der Waals surface area contributed by atoms with Crippen LogP contribution in [0.1, 0.15) is 11.3 Å². The molecule has 0 N–H and O–H groups in total. The lowest BCUT2D eigenvalue weighted by Gasteiger charge is -2.09. The Morgan fingerprint density at radius 2 is 1.64 bits per heavy atom. The van der Waals surface area contributed by atoms with E-state index in [0.717, 1.165) is 23.3 Å². The van der Waals surface area contributed by atoms with Gasteiger partial charge in [-0.3, -0.25) is 4.98 Å². The first-order valence-electron chi connectivity index (χ1n) is 8.39. The summed E-state index contributed by atoms with van der Waals surface area (Å²) in [7, 11) is 1.69. The molecular weight excluding hydrogens is 306 g/mol. The summed E-state index contributed by atoms with van der Waals surface area (Å²) in [5, 5.41) is 2.33. The van der Waals surface area contributed by atoms with Crippen molar-refractivity contribution in [3.05, 3.63) is 96.3 Å². The Kier molecular flexibility index (Phi) is 4.17. The van der Waals surface area contributed by atoms with E-state index < -0.39 is 0 Å². The Bertz CT molecular complexity index is 1010. The van der Waals surface area contributed by atoms with Crippen molar-refractivity contribution in [2.45, 2.75) is 6.42 Å². The minimum absolute atomic E-state index is 0.797. The number of nitrogens with zero attached hydrogens (tertiary/aromatic N) is 1. The van der Waals surface area contributed by atoms with Gasteiger partial charge < -0.3 is 4.74 Å². The van der Waals surface area contributed by atoms with E-state index in [1.807, 2.05) is 24.4 Å². The molecule has 122 valence electrons. The number of rotatable bonds is 4. The highest BCUT2D eigenvalue weighted by atomic mass is 16.5. The summed E-state index contributed by atoms with van der Waals surface area (Å²) in [6, 6.07) is 27.3. The maximum Gasteiger partial charge on any atom is 0.119 e. The van der Waals surface area contributed by atoms with E-state index in [1.54, 1.807) is 7.11 Å². The molecular formula is C23H19NO. The van der Waals surface area contributed by atoms with Crippen LogP contribution in [0.15, 0.2) is 85.1 Å². The smallest absolute Gasteiger partial charge is 0.119 e. The Morgan fingerprint density at radius 1 is 0.800 bits per heavy atom. The standard InChI is InChI=1S/C23H19NO/c1-25-21-11-10-19-12-13-24-23(22(19)16-21)15-17-6-5-9-20(14-17)18-7-3-2-4-8-18/h2-14,16H,15H2,1H3. The van der Waals surface area contributed by atoms with E-state index in [9.17, 15) is 0 Å². The van der Waals surface area contributed by atoms with Crippen molar-refractivity contribution in [1.82, 2.24) is 4.98 Å². The van der Waals surface area contributed by atoms with Crippen molar-refractivity contribution in [2.75, 3.05) is 7.11 Å². The second-order valence-corrected chi connectivity index (χ2v) is 6.09. The average molecular weight is 325 g/mol. The maximum absolute atomic E-state index is 5.38. The average Bonchev–Trinajstić information content (AvgIpc) is 2.69. The van der Waals surface area contributed by atoms with Gasteiger partial charge in [0.25, 0.3) is 0 Å². The van der Waals surface area contributed by atoms with Crippen molar-refractivity contribution in [1.29, 1.82) is 0 Å². The highest BCUT2D eigenvalue weighted by Crippen LogP contribution is 2.26. The number of hydrogen-bond acceptors (Lipinski definition) is 2. The molecule has 4 aromatic rings. The molecule has 1 aromatic heterocycles. The van der Waals surface area contributed by atoms with Crippen molar-refractivity contribution in [2.24, 2.45) is 0 Å². The minimum Gasteiger partial charge on any atom is -0.497 e. The number of methoxy groups -OCH3 is 1. The molecule has 0 radical (unpaired) electrons. The van der Waals surface area contributed by atoms with Crippen LogP contribution in [0.2, 0.25) is 0 Å². The molecule has 25 heavy (non-hydrogen) atoms. The van der Waals surface area contributed by atoms with E-state index in [4.69, 9.17) is 4.74 Å². The lowest BCUT2D eigenvalue weighted by molar-refractivity contribution is 0.415. The molecule has 3 aromatic carbocycles. The fraction of sp³-hybridized carbons (Fsp3) is 0.0870. The molecule has 0 amide bonds. The Balaban J connectivity index is 1.72. The molecule has 0 saturated heterocycles. The van der Waals surface area contributed by atoms with Crippen LogP contribution in [0.3, 0.4) is 0 Å². The van der Waals surface area contributed by atoms with E-state index in [2.05, 4.69) is 65.6 Å². The number of fused-ring (bicyclic) bond motifs is 1. The summed E-state index contributed by atoms with van der Waals surface area (Å²) >= 11 is 0. The first-order valence-corrected chi connectivity index (χ1v) is 8.39. The number of hydrogen-bond donors (Lipinski definition) is 0. The van der Waals surface area contributed by atoms with Crippen molar-refractivity contribution in [3.63, 3.8) is 0 Å². The van der Waals surface area contributed by atoms with Gasteiger partial charge >= 0.3 is 0 Å². The first-order chi connectivity index (χ1) is 12.3. The molecule has 4 rings (SSSR count). The number of ether oxygens (including phenoxy) is 1. The summed E-state index contributed by atoms with van der Waals surface area (Å²) in [4.78, 5) is 4.62. The number of pyridine rings is 1. The monoisotopic (exact) mass is 325 g/mol. The zero-order valence-corrected chi connectivity index (χ0v) is 14.1. The third-order valence-corrected chi connectivity index (χ3v) is 4.46. The Hall–Kier alpha value is -3.13. The van der Waals surface area contributed by atoms with Crippen LogP contribution in [-0.4, -0.2) is 12.1 Å². The molecule has 0 aliphatic heterocycles. The molecule has 2 nitrogen and oxygen atoms in total. The highest BCUT2D eigenvalue weighted by Gasteiger charge is 2.06. The van der Waals surface area contributed by atoms with Gasteiger partial charge in [0.1, 0.15) is 5.75 Å². The second kappa shape index (κ2) is 6.78. The van der Waals surface area contributed by atoms with Gasteiger partial charge in [-0.05, 0) is 40.3 Å². The molecule has 0 fully saturated rings. The van der Waals surface area contributed by atoms with E-state index in [-0.39, 0.29) is 0 Å². The third-order valence-electron chi connectivity index (χ3n) is 4.46. The lowest BCUT2D eigenvalue weighted by Crippen LogP contribution is -1.95. The van der Waals surface area contributed by atoms with Crippen molar-refractivity contribution >= 4 is 10.8 Å². The molecule has 2 heteroatoms. The second-order valence-electron chi connectivity index (χ2n) is 6.09. The molecule has 0 aliphatic rings. The molecule has 0 spiro atoms. The van der Waals surface area contributed by atoms with Crippen LogP contribution in [-0.2, 0) is 6.42 Å². The van der Waals surface area contributed by atoms with Crippen molar-refractivity contribution < 1.29 is 4.74 Å². The summed E-state index contributed by atoms with van der Waals surface area (Å²) in [6.07, 6.45) is 2.68. The summed E-state index contributed by atoms with van der Waals surface area (Å²) < 4.78 is 5.38. The predicted molar refractivity (Wildman–Crippen MR) is 103 cm³/mol. The largest absolute Gasteiger partial charge is 0.497 e. The van der Waals surface area contributed by atoms with Crippen LogP contribution in [0.4, 0.5) is 0 Å². The normalized spacial score (nSPS) is 10.8. The first kappa shape index (κ1) is 15.4. The quantitative estimate of drug-likeness (QED) is 0.494. The fourth-order valence-electron chi connectivity index (χ4n) is 3.16. The van der Waals surface area contributed by atoms with Crippen LogP contribution < -0.4 is 4.74 Å². The molecule has 0 aliphatic carbocycles. The van der Waals surface area contributed by atoms with Crippen LogP contribution >= 0.6 is 0 Å². The van der Waals surface area contributed by atoms with E-state index >= 15 is 0 Å². The van der Waals surface area contributed by atoms with Gasteiger partial charge in [0.15, 0.2) is 0 Å². The third kappa shape index (κ3) is 3.24. The van der Waals surface area contributed by atoms with Crippen LogP contribution in [0.25, 0.3) is 21.9 Å². The molecule has 1 heterocycles. The van der Waals surface area contributed by atoms with Crippen LogP contribution in [0, 0.1) is 0 Å². The molecule has 0 bridgehead atoms. The molecule has 0 unspecified atom stereocenters. The highest BCUT2D eigenvalue weighted by molar-refractivity contribution is 5.86. The van der Waals surface area contributed by atoms with Gasteiger partial charge in [-0.2, -0.15) is 0 Å². The minimum atomic E-state index is 0.797. The Morgan fingerprint density at radius 3 is 2.48 bits per heavy atom. The van der Waals surface area contributed by atoms with E-state index in [0.29, 0.717) is 0 Å². The summed E-state index contributed by atoms with van der Waals surface area (Å²) in [5.74, 6) is 0.861. The molecule has 0 atom stereocenters. The predicted octanol–water partition coefficient (Wildman–Crippen LogP) is 5.50. The SMILES string of the molecule is COc1ccc2ccnc(Cc3cccc(-c4ccccc4)c3)c2c1. The Labute approximate surface area is 147 Å². The fourth-order valence-corrected chi connectivity index (χ4v) is 3.16. The van der Waals surface area contributed by atoms with Gasteiger partial charge in [0, 0.05) is 18.0 Å².